The van der Waals surface area contributed by atoms with Gasteiger partial charge in [0.25, 0.3) is 0 Å². The van der Waals surface area contributed by atoms with Crippen LogP contribution in [0.25, 0.3) is 0 Å². The van der Waals surface area contributed by atoms with Crippen LogP contribution in [-0.4, -0.2) is 27.3 Å². The van der Waals surface area contributed by atoms with Crippen molar-refractivity contribution < 1.29 is 9.90 Å². The Morgan fingerprint density at radius 2 is 2.22 bits per heavy atom. The van der Waals surface area contributed by atoms with Crippen LogP contribution in [0.2, 0.25) is 0 Å². The molecule has 98 valence electrons. The summed E-state index contributed by atoms with van der Waals surface area (Å²) in [5.74, 6) is 0.408. The van der Waals surface area contributed by atoms with Crippen LogP contribution < -0.4 is 0 Å². The van der Waals surface area contributed by atoms with Gasteiger partial charge in [0.2, 0.25) is 0 Å². The molecule has 0 radical (unpaired) electrons. The Labute approximate surface area is 117 Å². The van der Waals surface area contributed by atoms with Crippen molar-refractivity contribution in [3.05, 3.63) is 29.8 Å². The van der Waals surface area contributed by atoms with Gasteiger partial charge in [-0.25, -0.2) is 0 Å². The fourth-order valence-electron chi connectivity index (χ4n) is 2.11. The average molecular weight is 282 g/mol. The van der Waals surface area contributed by atoms with E-state index in [1.165, 1.54) is 10.5 Å². The molecule has 1 heterocycles. The number of hydrogen-bond acceptors (Lipinski definition) is 3. The molecular weight excluding hydrogens is 264 g/mol. The highest BCUT2D eigenvalue weighted by molar-refractivity contribution is 8.04. The summed E-state index contributed by atoms with van der Waals surface area (Å²) < 4.78 is 0. The molecule has 0 fully saturated rings. The molecule has 2 atom stereocenters. The van der Waals surface area contributed by atoms with Gasteiger partial charge >= 0.3 is 5.97 Å². The van der Waals surface area contributed by atoms with Crippen LogP contribution in [0, 0.1) is 5.92 Å². The minimum atomic E-state index is -0.685. The van der Waals surface area contributed by atoms with E-state index in [-0.39, 0.29) is 11.2 Å². The number of rotatable bonds is 5. The Hall–Kier alpha value is -0.610. The molecule has 0 aromatic heterocycles. The Bertz CT molecular complexity index is 407. The second kappa shape index (κ2) is 6.02. The van der Waals surface area contributed by atoms with Gasteiger partial charge in [0.15, 0.2) is 0 Å². The van der Waals surface area contributed by atoms with E-state index in [4.69, 9.17) is 5.11 Å². The highest BCUT2D eigenvalue weighted by Gasteiger charge is 2.26. The molecule has 0 bridgehead atoms. The minimum Gasteiger partial charge on any atom is -0.480 e. The molecule has 0 amide bonds. The zero-order valence-electron chi connectivity index (χ0n) is 10.6. The monoisotopic (exact) mass is 282 g/mol. The molecule has 0 saturated heterocycles. The Balaban J connectivity index is 1.88. The van der Waals surface area contributed by atoms with Crippen molar-refractivity contribution in [1.29, 1.82) is 0 Å². The molecule has 1 N–H and O–H groups in total. The van der Waals surface area contributed by atoms with Crippen molar-refractivity contribution in [3.63, 3.8) is 0 Å². The first-order valence-corrected chi connectivity index (χ1v) is 8.09. The maximum atomic E-state index is 11.1. The summed E-state index contributed by atoms with van der Waals surface area (Å²) in [6, 6.07) is 8.46. The van der Waals surface area contributed by atoms with Gasteiger partial charge in [-0.2, -0.15) is 0 Å². The number of hydrogen-bond donors (Lipinski definition) is 1. The third-order valence-electron chi connectivity index (χ3n) is 3.02. The highest BCUT2D eigenvalue weighted by atomic mass is 32.2. The van der Waals surface area contributed by atoms with Gasteiger partial charge in [0, 0.05) is 15.9 Å². The number of thioether (sulfide) groups is 2. The molecule has 2 nitrogen and oxygen atoms in total. The van der Waals surface area contributed by atoms with E-state index in [1.807, 2.05) is 25.6 Å². The molecule has 1 aromatic carbocycles. The largest absolute Gasteiger partial charge is 0.480 e. The van der Waals surface area contributed by atoms with E-state index in [1.54, 1.807) is 11.8 Å². The van der Waals surface area contributed by atoms with E-state index < -0.39 is 5.97 Å². The number of carboxylic acids is 1. The molecule has 2 unspecified atom stereocenters. The molecule has 4 heteroatoms. The number of aliphatic carboxylic acids is 1. The van der Waals surface area contributed by atoms with Gasteiger partial charge in [-0.15, -0.1) is 23.5 Å². The van der Waals surface area contributed by atoms with Crippen molar-refractivity contribution in [2.24, 2.45) is 5.92 Å². The first-order valence-electron chi connectivity index (χ1n) is 6.17. The van der Waals surface area contributed by atoms with E-state index >= 15 is 0 Å². The van der Waals surface area contributed by atoms with Gasteiger partial charge < -0.3 is 5.11 Å². The molecule has 1 aromatic rings. The van der Waals surface area contributed by atoms with E-state index in [9.17, 15) is 4.79 Å². The number of benzene rings is 1. The van der Waals surface area contributed by atoms with Crippen LogP contribution in [0.4, 0.5) is 0 Å². The fourth-order valence-corrected chi connectivity index (χ4v) is 4.76. The summed E-state index contributed by atoms with van der Waals surface area (Å²) in [5, 5.41) is 9.40. The lowest BCUT2D eigenvalue weighted by Crippen LogP contribution is -2.24. The standard InChI is InChI=1S/C14H18O2S2/c1-9(2)13(14(15)16)17-8-11-7-10-5-3-4-6-12(10)18-11/h3-6,9,11,13H,7-8H2,1-2H3,(H,15,16). The van der Waals surface area contributed by atoms with Gasteiger partial charge in [0.05, 0.1) is 0 Å². The fraction of sp³-hybridized carbons (Fsp3) is 0.500. The summed E-state index contributed by atoms with van der Waals surface area (Å²) >= 11 is 3.47. The lowest BCUT2D eigenvalue weighted by molar-refractivity contribution is -0.137. The van der Waals surface area contributed by atoms with E-state index in [2.05, 4.69) is 24.3 Å². The van der Waals surface area contributed by atoms with Crippen LogP contribution in [0.3, 0.4) is 0 Å². The predicted molar refractivity (Wildman–Crippen MR) is 78.5 cm³/mol. The maximum Gasteiger partial charge on any atom is 0.316 e. The van der Waals surface area contributed by atoms with Gasteiger partial charge in [-0.1, -0.05) is 32.0 Å². The van der Waals surface area contributed by atoms with Crippen molar-refractivity contribution >= 4 is 29.5 Å². The van der Waals surface area contributed by atoms with Crippen LogP contribution in [0.1, 0.15) is 19.4 Å². The van der Waals surface area contributed by atoms with Gasteiger partial charge in [-0.3, -0.25) is 4.79 Å². The molecule has 0 aliphatic carbocycles. The summed E-state index contributed by atoms with van der Waals surface area (Å²) in [7, 11) is 0. The molecule has 18 heavy (non-hydrogen) atoms. The Morgan fingerprint density at radius 1 is 1.50 bits per heavy atom. The second-order valence-corrected chi connectivity index (χ2v) is 7.40. The first-order chi connectivity index (χ1) is 8.58. The quantitative estimate of drug-likeness (QED) is 0.896. The summed E-state index contributed by atoms with van der Waals surface area (Å²) in [6.07, 6.45) is 1.07. The smallest absolute Gasteiger partial charge is 0.316 e. The first kappa shape index (κ1) is 13.8. The van der Waals surface area contributed by atoms with Crippen molar-refractivity contribution in [1.82, 2.24) is 0 Å². The Kier molecular flexibility index (Phi) is 4.62. The molecule has 0 spiro atoms. The molecule has 1 aliphatic heterocycles. The van der Waals surface area contributed by atoms with E-state index in [0.717, 1.165) is 12.2 Å². The lowest BCUT2D eigenvalue weighted by atomic mass is 10.1. The molecular formula is C14H18O2S2. The average Bonchev–Trinajstić information content (AvgIpc) is 2.70. The third kappa shape index (κ3) is 3.23. The molecule has 2 rings (SSSR count). The van der Waals surface area contributed by atoms with Crippen LogP contribution in [0.15, 0.2) is 29.2 Å². The lowest BCUT2D eigenvalue weighted by Gasteiger charge is -2.17. The van der Waals surface area contributed by atoms with Crippen molar-refractivity contribution in [2.75, 3.05) is 5.75 Å². The Morgan fingerprint density at radius 3 is 2.83 bits per heavy atom. The molecule has 0 saturated carbocycles. The van der Waals surface area contributed by atoms with E-state index in [0.29, 0.717) is 5.25 Å². The number of fused-ring (bicyclic) bond motifs is 1. The van der Waals surface area contributed by atoms with Gasteiger partial charge in [0.1, 0.15) is 5.25 Å². The summed E-state index contributed by atoms with van der Waals surface area (Å²) in [6.45, 7) is 3.95. The summed E-state index contributed by atoms with van der Waals surface area (Å²) in [4.78, 5) is 12.5. The van der Waals surface area contributed by atoms with Crippen LogP contribution in [0.5, 0.6) is 0 Å². The normalized spacial score (nSPS) is 19.8. The SMILES string of the molecule is CC(C)C(SCC1Cc2ccccc2S1)C(=O)O. The summed E-state index contributed by atoms with van der Waals surface area (Å²) in [5.41, 5.74) is 1.41. The minimum absolute atomic E-state index is 0.182. The van der Waals surface area contributed by atoms with Crippen LogP contribution in [-0.2, 0) is 11.2 Å². The van der Waals surface area contributed by atoms with Gasteiger partial charge in [-0.05, 0) is 24.0 Å². The third-order valence-corrected chi connectivity index (χ3v) is 6.25. The van der Waals surface area contributed by atoms with Crippen molar-refractivity contribution in [3.8, 4) is 0 Å². The second-order valence-electron chi connectivity index (χ2n) is 4.89. The zero-order chi connectivity index (χ0) is 13.1. The predicted octanol–water partition coefficient (Wildman–Crippen LogP) is 3.55. The molecule has 1 aliphatic rings. The zero-order valence-corrected chi connectivity index (χ0v) is 12.3. The number of carboxylic acid groups (broad SMARTS) is 1. The van der Waals surface area contributed by atoms with Crippen molar-refractivity contribution in [2.45, 2.75) is 35.7 Å². The van der Waals surface area contributed by atoms with Crippen LogP contribution >= 0.6 is 23.5 Å². The highest BCUT2D eigenvalue weighted by Crippen LogP contribution is 2.39. The maximum absolute atomic E-state index is 11.1. The topological polar surface area (TPSA) is 37.3 Å². The number of carbonyl (C=O) groups is 1.